The summed E-state index contributed by atoms with van der Waals surface area (Å²) in [6.45, 7) is 0.634. The fourth-order valence-electron chi connectivity index (χ4n) is 3.87. The van der Waals surface area contributed by atoms with Crippen LogP contribution in [0.15, 0.2) is 85.1 Å². The summed E-state index contributed by atoms with van der Waals surface area (Å²) >= 11 is 0. The molecule has 0 aliphatic rings. The molecule has 0 bridgehead atoms. The lowest BCUT2D eigenvalue weighted by Crippen LogP contribution is -2.30. The van der Waals surface area contributed by atoms with Crippen LogP contribution in [-0.2, 0) is 6.42 Å². The van der Waals surface area contributed by atoms with Gasteiger partial charge in [0.05, 0.1) is 6.04 Å². The Kier molecular flexibility index (Phi) is 6.47. The normalized spacial score (nSPS) is 11.9. The molecule has 0 saturated heterocycles. The lowest BCUT2D eigenvalue weighted by atomic mass is 9.96. The summed E-state index contributed by atoms with van der Waals surface area (Å²) in [5, 5.41) is 4.39. The summed E-state index contributed by atoms with van der Waals surface area (Å²) < 4.78 is 0. The molecule has 4 rings (SSSR count). The number of carbonyl (C=O) groups excluding carboxylic acids is 2. The minimum atomic E-state index is -0.440. The van der Waals surface area contributed by atoms with Crippen molar-refractivity contribution in [2.75, 3.05) is 20.6 Å². The van der Waals surface area contributed by atoms with E-state index in [0.717, 1.165) is 28.5 Å². The Morgan fingerprint density at radius 1 is 0.906 bits per heavy atom. The molecule has 0 spiro atoms. The molecular weight excluding hydrogens is 398 g/mol. The number of nitrogens with one attached hydrogen (secondary N) is 2. The number of aromatic nitrogens is 1. The van der Waals surface area contributed by atoms with Gasteiger partial charge in [-0.25, -0.2) is 0 Å². The van der Waals surface area contributed by atoms with Crippen LogP contribution in [0.25, 0.3) is 10.9 Å². The number of Topliss-reactive ketones (excluding diaryl/α,β-unsaturated/α-hetero) is 1. The van der Waals surface area contributed by atoms with E-state index in [-0.39, 0.29) is 11.7 Å². The molecule has 0 aliphatic carbocycles. The van der Waals surface area contributed by atoms with E-state index in [1.54, 1.807) is 25.2 Å². The highest BCUT2D eigenvalue weighted by Crippen LogP contribution is 2.24. The van der Waals surface area contributed by atoms with Crippen molar-refractivity contribution in [1.29, 1.82) is 0 Å². The molecule has 1 aromatic heterocycles. The van der Waals surface area contributed by atoms with Crippen molar-refractivity contribution in [2.45, 2.75) is 12.5 Å². The van der Waals surface area contributed by atoms with Crippen LogP contribution >= 0.6 is 0 Å². The molecule has 32 heavy (non-hydrogen) atoms. The molecule has 1 amide bonds. The van der Waals surface area contributed by atoms with Crippen LogP contribution in [0, 0.1) is 0 Å². The maximum Gasteiger partial charge on any atom is 0.253 e. The van der Waals surface area contributed by atoms with Gasteiger partial charge in [0, 0.05) is 48.9 Å². The third kappa shape index (κ3) is 4.63. The number of ketones is 1. The van der Waals surface area contributed by atoms with Gasteiger partial charge in [-0.05, 0) is 35.7 Å². The van der Waals surface area contributed by atoms with E-state index in [2.05, 4.69) is 10.3 Å². The van der Waals surface area contributed by atoms with Crippen LogP contribution in [-0.4, -0.2) is 42.2 Å². The Hall–Kier alpha value is -3.70. The summed E-state index contributed by atoms with van der Waals surface area (Å²) in [4.78, 5) is 30.4. The Morgan fingerprint density at radius 2 is 1.59 bits per heavy atom. The molecule has 162 valence electrons. The molecule has 0 unspecified atom stereocenters. The summed E-state index contributed by atoms with van der Waals surface area (Å²) in [6, 6.07) is 24.9. The Morgan fingerprint density at radius 3 is 2.31 bits per heavy atom. The molecule has 4 aromatic rings. The number of carbonyl (C=O) groups is 2. The number of fused-ring (bicyclic) bond motifs is 1. The number of amides is 1. The second kappa shape index (κ2) is 9.62. The number of benzene rings is 3. The summed E-state index contributed by atoms with van der Waals surface area (Å²) in [7, 11) is 3.49. The second-order valence-corrected chi connectivity index (χ2v) is 8.06. The van der Waals surface area contributed by atoms with Gasteiger partial charge in [-0.2, -0.15) is 0 Å². The molecule has 0 fully saturated rings. The first-order valence-corrected chi connectivity index (χ1v) is 10.7. The zero-order valence-corrected chi connectivity index (χ0v) is 18.3. The molecule has 0 aliphatic heterocycles. The van der Waals surface area contributed by atoms with Crippen molar-refractivity contribution in [3.63, 3.8) is 0 Å². The first-order valence-electron chi connectivity index (χ1n) is 10.7. The number of rotatable bonds is 8. The van der Waals surface area contributed by atoms with Crippen molar-refractivity contribution < 1.29 is 9.59 Å². The standard InChI is InChI=1S/C27H27N3O2/c1-30(2)27(32)21-14-12-19(13-15-21)16-17-28-25(20-8-4-3-5-9-20)26(31)23-18-29-24-11-7-6-10-22(23)24/h3-15,18,25,28-29H,16-17H2,1-2H3/t25-/m0/s1. The van der Waals surface area contributed by atoms with Gasteiger partial charge >= 0.3 is 0 Å². The monoisotopic (exact) mass is 425 g/mol. The molecule has 0 saturated carbocycles. The van der Waals surface area contributed by atoms with Crippen molar-refractivity contribution in [3.8, 4) is 0 Å². The van der Waals surface area contributed by atoms with E-state index in [0.29, 0.717) is 17.7 Å². The van der Waals surface area contributed by atoms with Crippen LogP contribution in [0.3, 0.4) is 0 Å². The van der Waals surface area contributed by atoms with Gasteiger partial charge < -0.3 is 15.2 Å². The zero-order chi connectivity index (χ0) is 22.5. The summed E-state index contributed by atoms with van der Waals surface area (Å²) in [5.74, 6) is 0.0312. The van der Waals surface area contributed by atoms with Crippen LogP contribution in [0.4, 0.5) is 0 Å². The van der Waals surface area contributed by atoms with Gasteiger partial charge in [-0.1, -0.05) is 60.7 Å². The van der Waals surface area contributed by atoms with Crippen LogP contribution in [0.1, 0.15) is 37.9 Å². The molecule has 2 N–H and O–H groups in total. The fourth-order valence-corrected chi connectivity index (χ4v) is 3.87. The van der Waals surface area contributed by atoms with Crippen molar-refractivity contribution in [1.82, 2.24) is 15.2 Å². The van der Waals surface area contributed by atoms with Crippen LogP contribution in [0.5, 0.6) is 0 Å². The molecule has 5 nitrogen and oxygen atoms in total. The average Bonchev–Trinajstić information content (AvgIpc) is 3.26. The first kappa shape index (κ1) is 21.5. The Bertz CT molecular complexity index is 1210. The minimum Gasteiger partial charge on any atom is -0.360 e. The van der Waals surface area contributed by atoms with Gasteiger partial charge in [-0.3, -0.25) is 9.59 Å². The SMILES string of the molecule is CN(C)C(=O)c1ccc(CCN[C@H](C(=O)c2c[nH]c3ccccc23)c2ccccc2)cc1. The van der Waals surface area contributed by atoms with Gasteiger partial charge in [0.15, 0.2) is 5.78 Å². The second-order valence-electron chi connectivity index (χ2n) is 8.06. The fraction of sp³-hybridized carbons (Fsp3) is 0.185. The first-order chi connectivity index (χ1) is 15.5. The zero-order valence-electron chi connectivity index (χ0n) is 18.3. The molecule has 1 atom stereocenters. The lowest BCUT2D eigenvalue weighted by Gasteiger charge is -2.18. The molecule has 5 heteroatoms. The van der Waals surface area contributed by atoms with E-state index in [4.69, 9.17) is 0 Å². The van der Waals surface area contributed by atoms with E-state index >= 15 is 0 Å². The summed E-state index contributed by atoms with van der Waals surface area (Å²) in [6.07, 6.45) is 2.55. The van der Waals surface area contributed by atoms with Gasteiger partial charge in [0.1, 0.15) is 0 Å². The third-order valence-electron chi connectivity index (χ3n) is 5.62. The van der Waals surface area contributed by atoms with E-state index in [1.807, 2.05) is 78.9 Å². The summed E-state index contributed by atoms with van der Waals surface area (Å²) in [5.41, 5.74) is 4.36. The third-order valence-corrected chi connectivity index (χ3v) is 5.62. The predicted molar refractivity (Wildman–Crippen MR) is 128 cm³/mol. The topological polar surface area (TPSA) is 65.2 Å². The number of H-pyrrole nitrogens is 1. The lowest BCUT2D eigenvalue weighted by molar-refractivity contribution is 0.0827. The maximum absolute atomic E-state index is 13.5. The van der Waals surface area contributed by atoms with E-state index in [1.165, 1.54) is 0 Å². The van der Waals surface area contributed by atoms with Gasteiger partial charge in [-0.15, -0.1) is 0 Å². The predicted octanol–water partition coefficient (Wildman–Crippen LogP) is 4.63. The van der Waals surface area contributed by atoms with Crippen LogP contribution < -0.4 is 5.32 Å². The Labute approximate surface area is 188 Å². The largest absolute Gasteiger partial charge is 0.360 e. The number of nitrogens with zero attached hydrogens (tertiary/aromatic N) is 1. The van der Waals surface area contributed by atoms with E-state index < -0.39 is 6.04 Å². The molecular formula is C27H27N3O2. The number of aromatic amines is 1. The Balaban J connectivity index is 1.50. The maximum atomic E-state index is 13.5. The molecule has 0 radical (unpaired) electrons. The number of hydrogen-bond donors (Lipinski definition) is 2. The average molecular weight is 426 g/mol. The number of para-hydroxylation sites is 1. The minimum absolute atomic E-state index is 0.0110. The highest BCUT2D eigenvalue weighted by molar-refractivity contribution is 6.10. The van der Waals surface area contributed by atoms with Crippen molar-refractivity contribution in [3.05, 3.63) is 107 Å². The molecule has 3 aromatic carbocycles. The van der Waals surface area contributed by atoms with Crippen molar-refractivity contribution in [2.24, 2.45) is 0 Å². The van der Waals surface area contributed by atoms with Crippen molar-refractivity contribution >= 4 is 22.6 Å². The highest BCUT2D eigenvalue weighted by atomic mass is 16.2. The van der Waals surface area contributed by atoms with Gasteiger partial charge in [0.2, 0.25) is 0 Å². The number of hydrogen-bond acceptors (Lipinski definition) is 3. The highest BCUT2D eigenvalue weighted by Gasteiger charge is 2.23. The van der Waals surface area contributed by atoms with E-state index in [9.17, 15) is 9.59 Å². The quantitative estimate of drug-likeness (QED) is 0.405. The molecule has 1 heterocycles. The van der Waals surface area contributed by atoms with Crippen LogP contribution in [0.2, 0.25) is 0 Å². The van der Waals surface area contributed by atoms with Gasteiger partial charge in [0.25, 0.3) is 5.91 Å². The smallest absolute Gasteiger partial charge is 0.253 e.